The summed E-state index contributed by atoms with van der Waals surface area (Å²) in [7, 11) is 1.35. The van der Waals surface area contributed by atoms with Crippen molar-refractivity contribution in [1.82, 2.24) is 14.9 Å². The first-order valence-electron chi connectivity index (χ1n) is 6.08. The molecule has 1 amide bonds. The van der Waals surface area contributed by atoms with Crippen LogP contribution in [0.5, 0.6) is 0 Å². The number of alkyl halides is 3. The number of carbonyl (C=O) groups excluding carboxylic acids is 1. The monoisotopic (exact) mass is 321 g/mol. The topological polar surface area (TPSA) is 92.6 Å². The van der Waals surface area contributed by atoms with Gasteiger partial charge in [0.15, 0.2) is 0 Å². The van der Waals surface area contributed by atoms with Gasteiger partial charge in [0, 0.05) is 19.3 Å². The third kappa shape index (κ3) is 4.95. The van der Waals surface area contributed by atoms with Gasteiger partial charge in [0.25, 0.3) is 5.91 Å². The summed E-state index contributed by atoms with van der Waals surface area (Å²) in [6.07, 6.45) is -4.80. The number of aliphatic carboxylic acids is 1. The maximum Gasteiger partial charge on any atom is 0.451 e. The Bertz CT molecular complexity index is 563. The minimum Gasteiger partial charge on any atom is -0.480 e. The van der Waals surface area contributed by atoms with E-state index in [0.717, 1.165) is 11.0 Å². The molecule has 0 spiro atoms. The molecule has 0 aliphatic carbocycles. The largest absolute Gasteiger partial charge is 0.480 e. The van der Waals surface area contributed by atoms with E-state index >= 15 is 0 Å². The second-order valence-electron chi connectivity index (χ2n) is 4.33. The van der Waals surface area contributed by atoms with Gasteiger partial charge in [-0.15, -0.1) is 0 Å². The molecule has 0 saturated carbocycles. The van der Waals surface area contributed by atoms with Crippen molar-refractivity contribution in [3.8, 4) is 0 Å². The van der Waals surface area contributed by atoms with Crippen LogP contribution in [0.3, 0.4) is 0 Å². The van der Waals surface area contributed by atoms with Crippen LogP contribution in [0.4, 0.5) is 13.2 Å². The normalized spacial score (nSPS) is 11.3. The molecule has 0 fully saturated rings. The van der Waals surface area contributed by atoms with E-state index in [9.17, 15) is 22.8 Å². The SMILES string of the molecule is COCCN(CC(=O)O)C(=O)c1cc(C)nc(C(F)(F)F)n1. The highest BCUT2D eigenvalue weighted by molar-refractivity contribution is 5.94. The molecular formula is C12H14F3N3O4. The Kier molecular flexibility index (Phi) is 5.80. The van der Waals surface area contributed by atoms with Gasteiger partial charge in [0.2, 0.25) is 5.82 Å². The Morgan fingerprint density at radius 2 is 2.00 bits per heavy atom. The van der Waals surface area contributed by atoms with Crippen molar-refractivity contribution >= 4 is 11.9 Å². The highest BCUT2D eigenvalue weighted by Gasteiger charge is 2.36. The Hall–Kier alpha value is -2.23. The van der Waals surface area contributed by atoms with Crippen LogP contribution in [0, 0.1) is 6.92 Å². The number of nitrogens with zero attached hydrogens (tertiary/aromatic N) is 3. The number of methoxy groups -OCH3 is 1. The summed E-state index contributed by atoms with van der Waals surface area (Å²) in [6, 6.07) is 1.07. The summed E-state index contributed by atoms with van der Waals surface area (Å²) in [5.74, 6) is -3.68. The molecule has 0 unspecified atom stereocenters. The summed E-state index contributed by atoms with van der Waals surface area (Å²) in [6.45, 7) is 0.554. The molecule has 0 saturated heterocycles. The number of ether oxygens (including phenoxy) is 1. The number of halogens is 3. The fraction of sp³-hybridized carbons (Fsp3) is 0.500. The third-order valence-corrected chi connectivity index (χ3v) is 2.51. The molecular weight excluding hydrogens is 307 g/mol. The standard InChI is InChI=1S/C12H14F3N3O4/c1-7-5-8(17-11(16-7)12(13,14)15)10(21)18(3-4-22-2)6-9(19)20/h5H,3-4,6H2,1-2H3,(H,19,20). The van der Waals surface area contributed by atoms with Crippen LogP contribution in [0.1, 0.15) is 22.0 Å². The van der Waals surface area contributed by atoms with Gasteiger partial charge >= 0.3 is 12.1 Å². The first kappa shape index (κ1) is 17.8. The summed E-state index contributed by atoms with van der Waals surface area (Å²) < 4.78 is 42.7. The highest BCUT2D eigenvalue weighted by atomic mass is 19.4. The van der Waals surface area contributed by atoms with Crippen LogP contribution >= 0.6 is 0 Å². The van der Waals surface area contributed by atoms with E-state index in [1.807, 2.05) is 0 Å². The number of hydrogen-bond donors (Lipinski definition) is 1. The number of amides is 1. The smallest absolute Gasteiger partial charge is 0.451 e. The Morgan fingerprint density at radius 3 is 2.50 bits per heavy atom. The Labute approximate surface area is 123 Å². The molecule has 1 N–H and O–H groups in total. The van der Waals surface area contributed by atoms with E-state index in [0.29, 0.717) is 0 Å². The quantitative estimate of drug-likeness (QED) is 0.839. The molecule has 0 atom stereocenters. The van der Waals surface area contributed by atoms with Crippen molar-refractivity contribution < 1.29 is 32.6 Å². The number of aryl methyl sites for hydroxylation is 1. The van der Waals surface area contributed by atoms with Gasteiger partial charge < -0.3 is 14.7 Å². The van der Waals surface area contributed by atoms with Gasteiger partial charge in [-0.05, 0) is 13.0 Å². The lowest BCUT2D eigenvalue weighted by Crippen LogP contribution is -2.38. The van der Waals surface area contributed by atoms with Crippen molar-refractivity contribution in [2.75, 3.05) is 26.8 Å². The van der Waals surface area contributed by atoms with Crippen LogP contribution in [0.2, 0.25) is 0 Å². The van der Waals surface area contributed by atoms with Crippen molar-refractivity contribution in [2.45, 2.75) is 13.1 Å². The van der Waals surface area contributed by atoms with Crippen LogP contribution in [-0.2, 0) is 15.7 Å². The zero-order chi connectivity index (χ0) is 16.9. The lowest BCUT2D eigenvalue weighted by molar-refractivity contribution is -0.145. The molecule has 0 aromatic carbocycles. The fourth-order valence-corrected chi connectivity index (χ4v) is 1.58. The molecule has 1 rings (SSSR count). The van der Waals surface area contributed by atoms with Crippen molar-refractivity contribution in [3.05, 3.63) is 23.3 Å². The maximum absolute atomic E-state index is 12.7. The molecule has 1 aromatic heterocycles. The number of carbonyl (C=O) groups is 2. The van der Waals surface area contributed by atoms with Gasteiger partial charge in [0.1, 0.15) is 12.2 Å². The summed E-state index contributed by atoms with van der Waals surface area (Å²) in [5.41, 5.74) is -0.565. The molecule has 7 nitrogen and oxygen atoms in total. The van der Waals surface area contributed by atoms with Gasteiger partial charge in [-0.25, -0.2) is 9.97 Å². The van der Waals surface area contributed by atoms with Crippen molar-refractivity contribution in [1.29, 1.82) is 0 Å². The molecule has 122 valence electrons. The minimum absolute atomic E-state index is 0.0369. The van der Waals surface area contributed by atoms with E-state index < -0.39 is 36.1 Å². The number of hydrogen-bond acceptors (Lipinski definition) is 5. The fourth-order valence-electron chi connectivity index (χ4n) is 1.58. The number of carboxylic acid groups (broad SMARTS) is 1. The number of aromatic nitrogens is 2. The molecule has 0 radical (unpaired) electrons. The molecule has 10 heteroatoms. The molecule has 22 heavy (non-hydrogen) atoms. The van der Waals surface area contributed by atoms with E-state index in [-0.39, 0.29) is 18.8 Å². The third-order valence-electron chi connectivity index (χ3n) is 2.51. The zero-order valence-corrected chi connectivity index (χ0v) is 11.8. The maximum atomic E-state index is 12.7. The molecule has 0 aliphatic heterocycles. The second-order valence-corrected chi connectivity index (χ2v) is 4.33. The molecule has 1 heterocycles. The highest BCUT2D eigenvalue weighted by Crippen LogP contribution is 2.26. The van der Waals surface area contributed by atoms with Crippen LogP contribution in [0.25, 0.3) is 0 Å². The van der Waals surface area contributed by atoms with Gasteiger partial charge in [0.05, 0.1) is 6.61 Å². The predicted molar refractivity (Wildman–Crippen MR) is 67.2 cm³/mol. The first-order valence-corrected chi connectivity index (χ1v) is 6.08. The van der Waals surface area contributed by atoms with E-state index in [1.54, 1.807) is 0 Å². The van der Waals surface area contributed by atoms with Crippen LogP contribution < -0.4 is 0 Å². The summed E-state index contributed by atoms with van der Waals surface area (Å²) in [4.78, 5) is 30.2. The van der Waals surface area contributed by atoms with Crippen molar-refractivity contribution in [3.63, 3.8) is 0 Å². The van der Waals surface area contributed by atoms with Gasteiger partial charge in [-0.3, -0.25) is 9.59 Å². The number of carboxylic acids is 1. The molecule has 1 aromatic rings. The summed E-state index contributed by atoms with van der Waals surface area (Å²) in [5, 5.41) is 8.77. The van der Waals surface area contributed by atoms with E-state index in [1.165, 1.54) is 14.0 Å². The Morgan fingerprint density at radius 1 is 1.36 bits per heavy atom. The average Bonchev–Trinajstić information content (AvgIpc) is 2.40. The van der Waals surface area contributed by atoms with E-state index in [4.69, 9.17) is 9.84 Å². The minimum atomic E-state index is -4.80. The summed E-state index contributed by atoms with van der Waals surface area (Å²) >= 11 is 0. The zero-order valence-electron chi connectivity index (χ0n) is 11.8. The average molecular weight is 321 g/mol. The first-order chi connectivity index (χ1) is 10.1. The molecule has 0 bridgehead atoms. The van der Waals surface area contributed by atoms with Gasteiger partial charge in [-0.1, -0.05) is 0 Å². The Balaban J connectivity index is 3.12. The number of rotatable bonds is 6. The van der Waals surface area contributed by atoms with Crippen molar-refractivity contribution in [2.24, 2.45) is 0 Å². The molecule has 0 aliphatic rings. The van der Waals surface area contributed by atoms with Crippen LogP contribution in [-0.4, -0.2) is 58.7 Å². The van der Waals surface area contributed by atoms with E-state index in [2.05, 4.69) is 9.97 Å². The lowest BCUT2D eigenvalue weighted by atomic mass is 10.3. The lowest BCUT2D eigenvalue weighted by Gasteiger charge is -2.20. The second kappa shape index (κ2) is 7.16. The van der Waals surface area contributed by atoms with Crippen LogP contribution in [0.15, 0.2) is 6.07 Å². The predicted octanol–water partition coefficient (Wildman–Crippen LogP) is 0.977. The van der Waals surface area contributed by atoms with Gasteiger partial charge in [-0.2, -0.15) is 13.2 Å².